The fraction of sp³-hybridized carbons (Fsp3) is 0.531. The molecule has 520 valence electrons. The molecule has 4 aromatic rings. The molecule has 2 aliphatic rings. The van der Waals surface area contributed by atoms with Crippen molar-refractivity contribution in [3.05, 3.63) is 131 Å². The van der Waals surface area contributed by atoms with Gasteiger partial charge in [0.1, 0.15) is 36.5 Å². The van der Waals surface area contributed by atoms with Crippen molar-refractivity contribution < 1.29 is 156 Å². The van der Waals surface area contributed by atoms with Gasteiger partial charge in [0.05, 0.1) is 13.1 Å². The minimum absolute atomic E-state index is 0. The Morgan fingerprint density at radius 2 is 0.941 bits per heavy atom. The molecule has 2 N–H and O–H groups in total. The minimum atomic E-state index is -2.72. The summed E-state index contributed by atoms with van der Waals surface area (Å²) < 4.78 is 331. The summed E-state index contributed by atoms with van der Waals surface area (Å²) in [6, 6.07) is 30.3. The monoisotopic (exact) mass is 1300 g/mol. The summed E-state index contributed by atoms with van der Waals surface area (Å²) in [4.78, 5) is 79.8. The van der Waals surface area contributed by atoms with Gasteiger partial charge in [-0.1, -0.05) is 113 Å². The Labute approximate surface area is 576 Å². The summed E-state index contributed by atoms with van der Waals surface area (Å²) in [6.07, 6.45) is -3.38. The van der Waals surface area contributed by atoms with Crippen LogP contribution in [0.1, 0.15) is 193 Å². The van der Waals surface area contributed by atoms with Gasteiger partial charge in [0, 0.05) is 140 Å². The van der Waals surface area contributed by atoms with Crippen LogP contribution in [0.3, 0.4) is 0 Å². The lowest BCUT2D eigenvalue weighted by Crippen LogP contribution is -2.47. The van der Waals surface area contributed by atoms with Gasteiger partial charge in [-0.05, 0) is 113 Å². The van der Waals surface area contributed by atoms with E-state index in [9.17, 15) is 51.4 Å². The first-order valence-corrected chi connectivity index (χ1v) is 28.5. The maximum Gasteiger partial charge on any atom is 0.410 e. The van der Waals surface area contributed by atoms with Crippen molar-refractivity contribution in [1.29, 1.82) is 0 Å². The highest BCUT2D eigenvalue weighted by Gasteiger charge is 2.40. The topological polar surface area (TPSA) is 202 Å². The summed E-state index contributed by atoms with van der Waals surface area (Å²) in [5.74, 6) is -8.32. The highest BCUT2D eigenvalue weighted by Crippen LogP contribution is 2.33. The zero-order chi connectivity index (χ0) is 113. The number of nitrogens with zero attached hydrogens (tertiary/aromatic N) is 4. The zero-order valence-electron chi connectivity index (χ0n) is 101. The second-order valence-corrected chi connectivity index (χ2v) is 24.2. The van der Waals surface area contributed by atoms with E-state index in [1.54, 1.807) is 99.9 Å². The highest BCUT2D eigenvalue weighted by atomic mass is 19.3. The number of ether oxygens (including phenoxy) is 5. The van der Waals surface area contributed by atoms with Gasteiger partial charge in [0.25, 0.3) is 11.8 Å². The molecule has 4 atom stereocenters. The van der Waals surface area contributed by atoms with Crippen molar-refractivity contribution in [2.75, 3.05) is 50.1 Å². The molecule has 0 radical (unpaired) electrons. The van der Waals surface area contributed by atoms with Crippen molar-refractivity contribution in [1.82, 2.24) is 9.80 Å². The molecule has 0 saturated carbocycles. The molecular formula is C64H138F4N4O13. The second-order valence-electron chi connectivity index (χ2n) is 24.2. The predicted octanol–water partition coefficient (Wildman–Crippen LogP) is 17.9. The Morgan fingerprint density at radius 3 is 1.31 bits per heavy atom. The number of amides is 2. The fourth-order valence-electron chi connectivity index (χ4n) is 8.81. The molecule has 21 heteroatoms. The Hall–Kier alpha value is -7.42. The van der Waals surface area contributed by atoms with Crippen LogP contribution >= 0.6 is 0 Å². The molecule has 0 bridgehead atoms. The predicted molar refractivity (Wildman–Crippen MR) is 369 cm³/mol. The van der Waals surface area contributed by atoms with Crippen molar-refractivity contribution in [3.63, 3.8) is 0 Å². The van der Waals surface area contributed by atoms with Crippen LogP contribution in [0.25, 0.3) is 0 Å². The van der Waals surface area contributed by atoms with E-state index in [0.29, 0.717) is 29.9 Å². The van der Waals surface area contributed by atoms with Gasteiger partial charge < -0.3 is 43.7 Å². The molecule has 0 aliphatic carbocycles. The van der Waals surface area contributed by atoms with Crippen molar-refractivity contribution >= 4 is 47.4 Å². The van der Waals surface area contributed by atoms with Crippen LogP contribution in [0.5, 0.6) is 0 Å². The maximum absolute atomic E-state index is 13.7. The third-order valence-corrected chi connectivity index (χ3v) is 13.3. The molecule has 2 amide bonds. The Morgan fingerprint density at radius 1 is 0.565 bits per heavy atom. The normalized spacial score (nSPS) is 18.2. The van der Waals surface area contributed by atoms with E-state index in [1.807, 2.05) is 88.4 Å². The summed E-state index contributed by atoms with van der Waals surface area (Å²) in [6.45, 7) is 18.1. The number of carboxylic acid groups (broad SMARTS) is 1. The average molecular weight is 1300 g/mol. The molecule has 0 spiro atoms. The van der Waals surface area contributed by atoms with Gasteiger partial charge in [-0.15, -0.1) is 0 Å². The Bertz CT molecular complexity index is 2890. The number of hydrogen-bond donors (Lipinski definition) is 2. The van der Waals surface area contributed by atoms with E-state index in [4.69, 9.17) is 103 Å². The lowest BCUT2D eigenvalue weighted by Gasteiger charge is -2.31. The van der Waals surface area contributed by atoms with E-state index in [2.05, 4.69) is 0 Å². The first kappa shape index (κ1) is 40.8. The summed E-state index contributed by atoms with van der Waals surface area (Å²) in [7, 11) is 2.92. The lowest BCUT2D eigenvalue weighted by atomic mass is 10.0. The number of aliphatic hydroxyl groups excluding tert-OH is 1. The smallest absolute Gasteiger partial charge is 0.410 e. The molecular weight excluding hydrogens is 1110 g/mol. The number of carbonyl (C=O) groups is 6. The molecule has 2 fully saturated rings. The van der Waals surface area contributed by atoms with Crippen LogP contribution in [0.15, 0.2) is 109 Å². The third kappa shape index (κ3) is 25.0. The van der Waals surface area contributed by atoms with Gasteiger partial charge in [-0.3, -0.25) is 9.80 Å². The number of likely N-dealkylation sites (N-methyl/N-ethyl adjacent to an activating group) is 2. The average Bonchev–Trinajstić information content (AvgIpc) is 1.67. The number of carboxylic acids is 1. The lowest BCUT2D eigenvalue weighted by molar-refractivity contribution is -0.171. The third-order valence-electron chi connectivity index (χ3n) is 13.3. The van der Waals surface area contributed by atoms with E-state index in [1.165, 1.54) is 19.0 Å². The Balaban J connectivity index is -0.0000000562. The van der Waals surface area contributed by atoms with Gasteiger partial charge in [0.15, 0.2) is 6.10 Å². The molecule has 4 aromatic carbocycles. The van der Waals surface area contributed by atoms with Crippen LogP contribution < -0.4 is 9.80 Å². The van der Waals surface area contributed by atoms with Gasteiger partial charge in [0.2, 0.25) is 6.10 Å². The number of halogens is 4. The quantitative estimate of drug-likeness (QED) is 0.0453. The summed E-state index contributed by atoms with van der Waals surface area (Å²) in [5, 5.41) is 19.1. The zero-order valence-corrected chi connectivity index (χ0v) is 51.0. The number of esters is 3. The molecule has 0 unspecified atom stereocenters. The van der Waals surface area contributed by atoms with Crippen molar-refractivity contribution in [3.8, 4) is 0 Å². The molecule has 0 aromatic heterocycles. The largest absolute Gasteiger partial charge is 0.480 e. The highest BCUT2D eigenvalue weighted by molar-refractivity contribution is 5.85. The van der Waals surface area contributed by atoms with Gasteiger partial charge in [-0.25, -0.2) is 46.3 Å². The Kier molecular flexibility index (Phi) is 15.2. The minimum Gasteiger partial charge on any atom is -0.480 e. The number of anilines is 2. The van der Waals surface area contributed by atoms with Crippen LogP contribution in [0.4, 0.5) is 38.5 Å². The molecule has 2 heterocycles. The number of alkyl halides is 4. The van der Waals surface area contributed by atoms with E-state index < -0.39 is 83.4 Å². The van der Waals surface area contributed by atoms with Crippen molar-refractivity contribution in [2.45, 2.75) is 168 Å². The number of aliphatic hydroxyl groups is 1. The van der Waals surface area contributed by atoms with E-state index >= 15 is 0 Å². The van der Waals surface area contributed by atoms with Crippen molar-refractivity contribution in [2.24, 2.45) is 11.8 Å². The van der Waals surface area contributed by atoms with Crippen LogP contribution in [0.2, 0.25) is 0 Å². The number of aliphatic carboxylic acids is 1. The molecule has 2 saturated heterocycles. The number of rotatable bonds is 21. The van der Waals surface area contributed by atoms with Crippen LogP contribution in [0, 0.1) is 11.8 Å². The first-order valence-electron chi connectivity index (χ1n) is 53.5. The molecule has 2 aliphatic heterocycles. The van der Waals surface area contributed by atoms with Gasteiger partial charge >= 0.3 is 36.1 Å². The number of carbonyl (C=O) groups excluding carboxylic acids is 5. The second kappa shape index (κ2) is 31.6. The van der Waals surface area contributed by atoms with Crippen LogP contribution in [-0.2, 0) is 68.9 Å². The van der Waals surface area contributed by atoms with E-state index in [-0.39, 0.29) is 78.2 Å². The SMILES string of the molecule is CC(C)C[C@@H](C(=O)O)N(C)C(=O)OC(C)(C)C.CC(C)C[C@@H](C(=O)O[C@H](Cc1ccc(N2CCC(F)(F)C2)cc1)C(=O)OCc1ccccc1)N(C)C(=O)OC(C)(C)C.O=C(OCc1ccccc1)[C@H](O)Cc1ccc(N2CCC(F)(F)C2)cc1.[2HH].[2H][2H].[2H][2H].[2H][2H].[2H][2H].[2H][2H].[2H][2H].[2H][2H].[2H][2H].[2H][2H].[2H][2H].[2H][2H].[2H][2H].[2H][2H].[2H][2H].[2H][2H].[2H][2H].[2H][2H].[2H][2H].[2H][2H].[2H][2H].[2H][2H].[2H][2H].[2H][2H].[2H][2H].[2H][2H]. The molecule has 17 nitrogen and oxygen atoms in total. The van der Waals surface area contributed by atoms with E-state index in [0.717, 1.165) is 21.6 Å². The number of benzene rings is 4. The first-order chi connectivity index (χ1) is 64.6. The number of hydrogen-bond acceptors (Lipinski definition) is 14. The fourth-order valence-corrected chi connectivity index (χ4v) is 8.81. The summed E-state index contributed by atoms with van der Waals surface area (Å²) in [5.41, 5.74) is 2.98. The van der Waals surface area contributed by atoms with Gasteiger partial charge in [-0.2, -0.15) is 0 Å². The summed E-state index contributed by atoms with van der Waals surface area (Å²) >= 11 is 0. The molecule has 6 rings (SSSR count). The maximum atomic E-state index is 13.7. The van der Waals surface area contributed by atoms with Crippen LogP contribution in [-0.4, -0.2) is 144 Å². The molecule has 85 heavy (non-hydrogen) atoms. The standard InChI is InChI=1S/C32H42F2N2O6.C20H21F2NO3.C12H23NO4.26H2/c1-22(2)18-26(35(6)30(39)42-31(3,4)5)28(37)41-27(29(38)40-20-24-10-8-7-9-11-24)19-23-12-14-25(15-13-23)36-17-16-32(33,34)21-36;21-20(22)10-11-23(14-20)17-8-6-15(7-9-17)12-18(24)19(25)26-13-16-4-2-1-3-5-16;1-8(2)7-9(10(14)15)13(6)11(16)17-12(3,4)5;;;;;;;;;;;;;;;;;;;;;;;;;;/h7-15,22,26-27H,16-21H2,1-6H3;1-9,18,24H,10-14H2;8-9H,7H2,1-6H3,(H,14,15);26*1H/t26-,27+;18-;9-;;;;;;;;;;;;;;;;;;;;;;;;;;/m010........................../s1/i;;;25*1+1D;1+1.